The van der Waals surface area contributed by atoms with E-state index < -0.39 is 0 Å². The van der Waals surface area contributed by atoms with Gasteiger partial charge in [-0.2, -0.15) is 0 Å². The van der Waals surface area contributed by atoms with Crippen molar-refractivity contribution in [3.63, 3.8) is 0 Å². The van der Waals surface area contributed by atoms with Crippen LogP contribution in [0.5, 0.6) is 0 Å². The Morgan fingerprint density at radius 1 is 1.18 bits per heavy atom. The van der Waals surface area contributed by atoms with Crippen LogP contribution in [0, 0.1) is 0 Å². The second-order valence-corrected chi connectivity index (χ2v) is 5.34. The lowest BCUT2D eigenvalue weighted by molar-refractivity contribution is -0.139. The Bertz CT molecular complexity index is 317. The number of hydrogen-bond donors (Lipinski definition) is 0. The number of carbonyl (C=O) groups is 1. The maximum Gasteiger partial charge on any atom is 0.490 e. The third-order valence-electron chi connectivity index (χ3n) is 3.32. The first-order valence-electron chi connectivity index (χ1n) is 5.81. The van der Waals surface area contributed by atoms with Gasteiger partial charge in [0.1, 0.15) is 6.61 Å². The van der Waals surface area contributed by atoms with Gasteiger partial charge in [-0.15, -0.1) is 0 Å². The van der Waals surface area contributed by atoms with Gasteiger partial charge in [-0.05, 0) is 40.1 Å². The van der Waals surface area contributed by atoms with Gasteiger partial charge in [-0.3, -0.25) is 4.79 Å². The molecule has 17 heavy (non-hydrogen) atoms. The van der Waals surface area contributed by atoms with Crippen molar-refractivity contribution in [3.8, 4) is 0 Å². The topological polar surface area (TPSA) is 44.8 Å². The van der Waals surface area contributed by atoms with Gasteiger partial charge in [-0.1, -0.05) is 6.08 Å². The third kappa shape index (κ3) is 3.33. The molecule has 0 saturated carbocycles. The first-order chi connectivity index (χ1) is 7.66. The van der Waals surface area contributed by atoms with E-state index in [0.29, 0.717) is 0 Å². The molecule has 0 atom stereocenters. The summed E-state index contributed by atoms with van der Waals surface area (Å²) < 4.78 is 16.6. The van der Waals surface area contributed by atoms with E-state index in [0.717, 1.165) is 5.47 Å². The van der Waals surface area contributed by atoms with Crippen molar-refractivity contribution in [3.05, 3.63) is 11.5 Å². The van der Waals surface area contributed by atoms with E-state index in [2.05, 4.69) is 0 Å². The van der Waals surface area contributed by atoms with Crippen molar-refractivity contribution >= 4 is 13.1 Å². The van der Waals surface area contributed by atoms with Crippen molar-refractivity contribution in [2.75, 3.05) is 6.61 Å². The lowest BCUT2D eigenvalue weighted by Crippen LogP contribution is -2.41. The van der Waals surface area contributed by atoms with Gasteiger partial charge in [0, 0.05) is 6.92 Å². The smallest absolute Gasteiger partial charge is 0.462 e. The molecule has 1 aliphatic heterocycles. The molecule has 1 saturated heterocycles. The average Bonchev–Trinajstić information content (AvgIpc) is 2.35. The monoisotopic (exact) mass is 240 g/mol. The predicted molar refractivity (Wildman–Crippen MR) is 66.5 cm³/mol. The summed E-state index contributed by atoms with van der Waals surface area (Å²) in [5.41, 5.74) is 0.243. The second-order valence-electron chi connectivity index (χ2n) is 5.34. The summed E-state index contributed by atoms with van der Waals surface area (Å²) in [5.74, 6) is -0.289. The number of esters is 1. The van der Waals surface area contributed by atoms with E-state index in [1.165, 1.54) is 6.92 Å². The SMILES string of the molecule is CC(=O)OCC=C(C)B1OC(C)(C)C(C)(C)O1. The molecule has 0 spiro atoms. The van der Waals surface area contributed by atoms with Gasteiger partial charge in [0.25, 0.3) is 0 Å². The van der Waals surface area contributed by atoms with E-state index in [4.69, 9.17) is 14.0 Å². The summed E-state index contributed by atoms with van der Waals surface area (Å²) in [4.78, 5) is 10.6. The minimum atomic E-state index is -0.365. The molecule has 0 amide bonds. The maximum absolute atomic E-state index is 10.6. The average molecular weight is 240 g/mol. The summed E-state index contributed by atoms with van der Waals surface area (Å²) in [5, 5.41) is 0. The summed E-state index contributed by atoms with van der Waals surface area (Å²) in [7, 11) is -0.365. The number of rotatable bonds is 3. The van der Waals surface area contributed by atoms with Crippen LogP contribution < -0.4 is 0 Å². The molecule has 1 heterocycles. The summed E-state index contributed by atoms with van der Waals surface area (Å²) in [6, 6.07) is 0. The van der Waals surface area contributed by atoms with Crippen molar-refractivity contribution < 1.29 is 18.8 Å². The van der Waals surface area contributed by atoms with Crippen LogP contribution in [0.3, 0.4) is 0 Å². The minimum Gasteiger partial charge on any atom is -0.462 e. The van der Waals surface area contributed by atoms with Crippen LogP contribution in [-0.4, -0.2) is 30.9 Å². The predicted octanol–water partition coefficient (Wildman–Crippen LogP) is 2.13. The highest BCUT2D eigenvalue weighted by molar-refractivity contribution is 6.54. The van der Waals surface area contributed by atoms with Crippen LogP contribution in [0.15, 0.2) is 11.5 Å². The zero-order chi connectivity index (χ0) is 13.3. The first kappa shape index (κ1) is 14.3. The Morgan fingerprint density at radius 2 is 1.65 bits per heavy atom. The molecule has 4 nitrogen and oxygen atoms in total. The Kier molecular flexibility index (Phi) is 4.04. The zero-order valence-corrected chi connectivity index (χ0v) is 11.5. The first-order valence-corrected chi connectivity index (χ1v) is 5.81. The van der Waals surface area contributed by atoms with Crippen LogP contribution in [0.25, 0.3) is 0 Å². The van der Waals surface area contributed by atoms with Gasteiger partial charge >= 0.3 is 13.1 Å². The minimum absolute atomic E-state index is 0.255. The Labute approximate surface area is 103 Å². The lowest BCUT2D eigenvalue weighted by atomic mass is 9.79. The zero-order valence-electron chi connectivity index (χ0n) is 11.5. The quantitative estimate of drug-likeness (QED) is 0.560. The van der Waals surface area contributed by atoms with E-state index in [9.17, 15) is 4.79 Å². The fourth-order valence-corrected chi connectivity index (χ4v) is 1.42. The van der Waals surface area contributed by atoms with E-state index >= 15 is 0 Å². The maximum atomic E-state index is 10.6. The van der Waals surface area contributed by atoms with Crippen molar-refractivity contribution in [2.24, 2.45) is 0 Å². The van der Waals surface area contributed by atoms with Gasteiger partial charge in [0.15, 0.2) is 0 Å². The number of hydrogen-bond acceptors (Lipinski definition) is 4. The molecule has 0 N–H and O–H groups in total. The van der Waals surface area contributed by atoms with Gasteiger partial charge in [0.2, 0.25) is 0 Å². The van der Waals surface area contributed by atoms with Crippen LogP contribution >= 0.6 is 0 Å². The molecule has 0 radical (unpaired) electrons. The Balaban J connectivity index is 2.61. The molecule has 0 aromatic carbocycles. The normalized spacial score (nSPS) is 22.7. The molecule has 1 aliphatic rings. The largest absolute Gasteiger partial charge is 0.490 e. The molecule has 0 aliphatic carbocycles. The van der Waals surface area contributed by atoms with Crippen LogP contribution in [-0.2, 0) is 18.8 Å². The highest BCUT2D eigenvalue weighted by Gasteiger charge is 2.51. The molecule has 0 aromatic heterocycles. The highest BCUT2D eigenvalue weighted by Crippen LogP contribution is 2.38. The Hall–Kier alpha value is -0.805. The van der Waals surface area contributed by atoms with Crippen molar-refractivity contribution in [1.29, 1.82) is 0 Å². The van der Waals surface area contributed by atoms with E-state index in [1.54, 1.807) is 0 Å². The molecular weight excluding hydrogens is 219 g/mol. The summed E-state index contributed by atoms with van der Waals surface area (Å²) in [6.07, 6.45) is 1.81. The molecule has 5 heteroatoms. The van der Waals surface area contributed by atoms with E-state index in [1.807, 2.05) is 40.7 Å². The molecule has 1 rings (SSSR count). The van der Waals surface area contributed by atoms with Gasteiger partial charge in [0.05, 0.1) is 11.2 Å². The van der Waals surface area contributed by atoms with Crippen LogP contribution in [0.4, 0.5) is 0 Å². The Morgan fingerprint density at radius 3 is 2.06 bits per heavy atom. The lowest BCUT2D eigenvalue weighted by Gasteiger charge is -2.32. The van der Waals surface area contributed by atoms with Gasteiger partial charge < -0.3 is 14.0 Å². The van der Waals surface area contributed by atoms with E-state index in [-0.39, 0.29) is 30.9 Å². The fraction of sp³-hybridized carbons (Fsp3) is 0.750. The van der Waals surface area contributed by atoms with Crippen molar-refractivity contribution in [1.82, 2.24) is 0 Å². The molecule has 0 bridgehead atoms. The summed E-state index contributed by atoms with van der Waals surface area (Å²) >= 11 is 0. The number of carbonyl (C=O) groups excluding carboxylic acids is 1. The molecule has 96 valence electrons. The molecular formula is C12H21BO4. The second kappa shape index (κ2) is 4.82. The molecule has 0 aromatic rings. The van der Waals surface area contributed by atoms with Gasteiger partial charge in [-0.25, -0.2) is 0 Å². The molecule has 0 unspecified atom stereocenters. The summed E-state index contributed by atoms with van der Waals surface area (Å²) in [6.45, 7) is 11.6. The fourth-order valence-electron chi connectivity index (χ4n) is 1.42. The van der Waals surface area contributed by atoms with Crippen LogP contribution in [0.2, 0.25) is 0 Å². The highest BCUT2D eigenvalue weighted by atomic mass is 16.7. The number of allylic oxidation sites excluding steroid dienone is 1. The number of ether oxygens (including phenoxy) is 1. The standard InChI is InChI=1S/C12H21BO4/c1-9(7-8-15-10(2)14)13-16-11(3,4)12(5,6)17-13/h7H,8H2,1-6H3. The third-order valence-corrected chi connectivity index (χ3v) is 3.32. The van der Waals surface area contributed by atoms with Crippen molar-refractivity contribution in [2.45, 2.75) is 52.7 Å². The van der Waals surface area contributed by atoms with Crippen LogP contribution in [0.1, 0.15) is 41.5 Å². The molecule has 1 fully saturated rings.